The highest BCUT2D eigenvalue weighted by Crippen LogP contribution is 2.54. The first-order chi connectivity index (χ1) is 13.1. The molecule has 134 valence electrons. The summed E-state index contributed by atoms with van der Waals surface area (Å²) in [5, 5.41) is 11.0. The van der Waals surface area contributed by atoms with Gasteiger partial charge in [0.2, 0.25) is 0 Å². The molecule has 3 aliphatic rings. The van der Waals surface area contributed by atoms with E-state index >= 15 is 0 Å². The number of ketones is 2. The Kier molecular flexibility index (Phi) is 3.63. The van der Waals surface area contributed by atoms with Gasteiger partial charge in [-0.25, -0.2) is 0 Å². The lowest BCUT2D eigenvalue weighted by atomic mass is 9.71. The number of fused-ring (bicyclic) bond motifs is 2. The second-order valence-electron chi connectivity index (χ2n) is 6.59. The van der Waals surface area contributed by atoms with Gasteiger partial charge in [0.25, 0.3) is 0 Å². The Morgan fingerprint density at radius 3 is 2.41 bits per heavy atom. The maximum absolute atomic E-state index is 13.4. The van der Waals surface area contributed by atoms with Crippen molar-refractivity contribution >= 4 is 34.7 Å². The molecule has 2 heterocycles. The van der Waals surface area contributed by atoms with Crippen molar-refractivity contribution in [2.75, 3.05) is 0 Å². The van der Waals surface area contributed by atoms with Gasteiger partial charge < -0.3 is 10.1 Å². The molecule has 0 fully saturated rings. The number of hydrogen-bond donors (Lipinski definition) is 2. The molecule has 27 heavy (non-hydrogen) atoms. The summed E-state index contributed by atoms with van der Waals surface area (Å²) in [5.41, 5.74) is 0.909. The number of rotatable bonds is 1. The zero-order valence-corrected chi connectivity index (χ0v) is 15.5. The molecule has 3 unspecified atom stereocenters. The van der Waals surface area contributed by atoms with Crippen LogP contribution in [-0.2, 0) is 9.59 Å². The third-order valence-electron chi connectivity index (χ3n) is 5.12. The minimum absolute atomic E-state index is 0.0366. The van der Waals surface area contributed by atoms with Crippen LogP contribution in [0, 0.1) is 11.8 Å². The van der Waals surface area contributed by atoms with Gasteiger partial charge in [-0.3, -0.25) is 14.4 Å². The molecule has 2 N–H and O–H groups in total. The van der Waals surface area contributed by atoms with E-state index in [1.807, 2.05) is 0 Å². The van der Waals surface area contributed by atoms with E-state index in [0.717, 1.165) is 23.1 Å². The molecule has 0 spiro atoms. The topological polar surface area (TPSA) is 87.2 Å². The molecule has 2 aliphatic carbocycles. The van der Waals surface area contributed by atoms with Crippen molar-refractivity contribution in [3.05, 3.63) is 79.2 Å². The number of para-hydroxylation sites is 1. The van der Waals surface area contributed by atoms with Gasteiger partial charge in [-0.1, -0.05) is 65.6 Å². The quantitative estimate of drug-likeness (QED) is 0.775. The Morgan fingerprint density at radius 2 is 1.67 bits per heavy atom. The summed E-state index contributed by atoms with van der Waals surface area (Å²) in [6, 6.07) is 6.75. The summed E-state index contributed by atoms with van der Waals surface area (Å²) in [4.78, 5) is 42.1. The number of carbonyl (C=O) groups is 2. The van der Waals surface area contributed by atoms with Crippen LogP contribution in [0.2, 0.25) is 0 Å². The average molecular weight is 395 g/mol. The van der Waals surface area contributed by atoms with Crippen molar-refractivity contribution in [1.82, 2.24) is 4.98 Å². The molecule has 1 aromatic heterocycles. The summed E-state index contributed by atoms with van der Waals surface area (Å²) < 4.78 is 0. The fourth-order valence-electron chi connectivity index (χ4n) is 3.92. The lowest BCUT2D eigenvalue weighted by molar-refractivity contribution is -0.127. The number of allylic oxidation sites excluding steroid dienone is 6. The largest absolute Gasteiger partial charge is 0.508 e. The van der Waals surface area contributed by atoms with Crippen molar-refractivity contribution in [3.8, 4) is 5.75 Å². The number of benzene rings is 1. The van der Waals surface area contributed by atoms with Crippen LogP contribution in [0.4, 0.5) is 0 Å². The molecule has 1 aliphatic heterocycles. The first kappa shape index (κ1) is 16.5. The predicted octanol–water partition coefficient (Wildman–Crippen LogP) is 3.14. The number of thiazole rings is 1. The Balaban J connectivity index is 1.79. The van der Waals surface area contributed by atoms with E-state index in [0.29, 0.717) is 25.9 Å². The minimum Gasteiger partial charge on any atom is -0.508 e. The third-order valence-corrected chi connectivity index (χ3v) is 7.35. The summed E-state index contributed by atoms with van der Waals surface area (Å²) in [6.07, 6.45) is 7.08. The van der Waals surface area contributed by atoms with E-state index in [1.54, 1.807) is 48.6 Å². The highest BCUT2D eigenvalue weighted by molar-refractivity contribution is 8.04. The molecule has 7 heteroatoms. The normalized spacial score (nSPS) is 26.0. The second kappa shape index (κ2) is 5.94. The number of aromatic nitrogens is 1. The molecule has 0 saturated heterocycles. The fraction of sp³-hybridized carbons (Fsp3) is 0.150. The number of Topliss-reactive ketones (excluding diaryl/α,β-unsaturated/α-hetero) is 2. The summed E-state index contributed by atoms with van der Waals surface area (Å²) in [7, 11) is 0. The first-order valence-electron chi connectivity index (χ1n) is 8.42. The summed E-state index contributed by atoms with van der Waals surface area (Å²) >= 11 is 2.18. The molecule has 0 saturated carbocycles. The van der Waals surface area contributed by atoms with Crippen LogP contribution < -0.4 is 4.87 Å². The van der Waals surface area contributed by atoms with Crippen LogP contribution in [0.15, 0.2) is 68.9 Å². The monoisotopic (exact) mass is 395 g/mol. The van der Waals surface area contributed by atoms with Gasteiger partial charge in [-0.2, -0.15) is 0 Å². The number of thioether (sulfide) groups is 1. The Morgan fingerprint density at radius 1 is 0.963 bits per heavy atom. The van der Waals surface area contributed by atoms with Crippen molar-refractivity contribution in [3.63, 3.8) is 0 Å². The number of phenols is 1. The first-order valence-corrected chi connectivity index (χ1v) is 10.1. The van der Waals surface area contributed by atoms with Gasteiger partial charge in [0.15, 0.2) is 11.6 Å². The Bertz CT molecular complexity index is 1150. The summed E-state index contributed by atoms with van der Waals surface area (Å²) in [5.74, 6) is -1.87. The minimum atomic E-state index is -0.627. The maximum atomic E-state index is 13.4. The Hall–Kier alpha value is -2.64. The molecule has 5 rings (SSSR count). The molecule has 3 atom stereocenters. The molecule has 1 aromatic carbocycles. The lowest BCUT2D eigenvalue weighted by Gasteiger charge is -2.35. The van der Waals surface area contributed by atoms with Crippen LogP contribution in [0.5, 0.6) is 5.75 Å². The number of aromatic hydroxyl groups is 1. The van der Waals surface area contributed by atoms with E-state index < -0.39 is 17.8 Å². The van der Waals surface area contributed by atoms with Gasteiger partial charge in [-0.15, -0.1) is 0 Å². The summed E-state index contributed by atoms with van der Waals surface area (Å²) in [6.45, 7) is 0. The van der Waals surface area contributed by atoms with Crippen molar-refractivity contribution in [1.29, 1.82) is 0 Å². The van der Waals surface area contributed by atoms with E-state index in [4.69, 9.17) is 0 Å². The van der Waals surface area contributed by atoms with Crippen molar-refractivity contribution < 1.29 is 14.7 Å². The fourth-order valence-corrected chi connectivity index (χ4v) is 6.22. The van der Waals surface area contributed by atoms with Crippen LogP contribution in [-0.4, -0.2) is 21.7 Å². The molecular weight excluding hydrogens is 382 g/mol. The molecule has 2 aromatic rings. The number of H-pyrrole nitrogens is 1. The number of aromatic amines is 1. The van der Waals surface area contributed by atoms with Crippen molar-refractivity contribution in [2.24, 2.45) is 11.8 Å². The van der Waals surface area contributed by atoms with Gasteiger partial charge in [0, 0.05) is 11.1 Å². The van der Waals surface area contributed by atoms with Gasteiger partial charge in [0.1, 0.15) is 5.75 Å². The van der Waals surface area contributed by atoms with Gasteiger partial charge >= 0.3 is 4.87 Å². The average Bonchev–Trinajstić information content (AvgIpc) is 3.05. The zero-order chi connectivity index (χ0) is 18.7. The van der Waals surface area contributed by atoms with Crippen LogP contribution >= 0.6 is 23.1 Å². The van der Waals surface area contributed by atoms with Crippen LogP contribution in [0.3, 0.4) is 0 Å². The predicted molar refractivity (Wildman–Crippen MR) is 103 cm³/mol. The number of nitrogens with one attached hydrogen (secondary N) is 1. The molecule has 0 amide bonds. The standard InChI is InChI=1S/C20H13NO4S2/c22-12-8-4-3-7-11(12)13-14-15(23)9-5-1-2-6-10(9)16(24)17(14)26-19-18(13)27-20(25)21-19/h1-10,13,22H,(H,21,25). The smallest absolute Gasteiger partial charge is 0.305 e. The number of hydrogen-bond acceptors (Lipinski definition) is 6. The van der Waals surface area contributed by atoms with Crippen LogP contribution in [0.1, 0.15) is 16.4 Å². The maximum Gasteiger partial charge on any atom is 0.305 e. The number of carbonyl (C=O) groups excluding carboxylic acids is 2. The molecule has 5 nitrogen and oxygen atoms in total. The van der Waals surface area contributed by atoms with E-state index in [9.17, 15) is 19.5 Å². The zero-order valence-electron chi connectivity index (χ0n) is 13.8. The van der Waals surface area contributed by atoms with Gasteiger partial charge in [-0.05, 0) is 6.07 Å². The van der Waals surface area contributed by atoms with E-state index in [2.05, 4.69) is 4.98 Å². The lowest BCUT2D eigenvalue weighted by Crippen LogP contribution is -2.38. The van der Waals surface area contributed by atoms with Crippen molar-refractivity contribution in [2.45, 2.75) is 10.9 Å². The number of phenolic OH excluding ortho intramolecular Hbond substituents is 1. The second-order valence-corrected chi connectivity index (χ2v) is 8.63. The third kappa shape index (κ3) is 2.35. The molecular formula is C20H13NO4S2. The SMILES string of the molecule is O=C1C2=C(C(=O)C3C=CC=CC13)C(c1ccccc1O)c1sc(=O)[nH]c1S2. The highest BCUT2D eigenvalue weighted by Gasteiger charge is 2.48. The van der Waals surface area contributed by atoms with E-state index in [-0.39, 0.29) is 22.2 Å². The highest BCUT2D eigenvalue weighted by atomic mass is 32.2. The van der Waals surface area contributed by atoms with Crippen LogP contribution in [0.25, 0.3) is 0 Å². The molecule has 0 bridgehead atoms. The Labute approximate surface area is 162 Å². The molecule has 0 radical (unpaired) electrons. The van der Waals surface area contributed by atoms with E-state index in [1.165, 1.54) is 0 Å². The van der Waals surface area contributed by atoms with Gasteiger partial charge in [0.05, 0.1) is 32.6 Å².